The van der Waals surface area contributed by atoms with Crippen LogP contribution in [0.5, 0.6) is 5.75 Å². The van der Waals surface area contributed by atoms with Crippen molar-refractivity contribution in [1.82, 2.24) is 4.90 Å². The van der Waals surface area contributed by atoms with Crippen molar-refractivity contribution in [3.05, 3.63) is 29.8 Å². The predicted octanol–water partition coefficient (Wildman–Crippen LogP) is 2.88. The van der Waals surface area contributed by atoms with E-state index in [-0.39, 0.29) is 11.9 Å². The highest BCUT2D eigenvalue weighted by Crippen LogP contribution is 2.36. The molecule has 0 saturated heterocycles. The molecular weight excluding hydrogens is 310 g/mol. The minimum absolute atomic E-state index is 0.0206. The van der Waals surface area contributed by atoms with Crippen LogP contribution in [0.4, 0.5) is 4.79 Å². The van der Waals surface area contributed by atoms with Crippen molar-refractivity contribution in [2.45, 2.75) is 51.3 Å². The zero-order valence-corrected chi connectivity index (χ0v) is 14.5. The van der Waals surface area contributed by atoms with Crippen LogP contribution in [0.3, 0.4) is 0 Å². The molecule has 7 heteroatoms. The maximum atomic E-state index is 12.7. The summed E-state index contributed by atoms with van der Waals surface area (Å²) in [6.45, 7) is 5.42. The maximum Gasteiger partial charge on any atom is 0.411 e. The molecule has 0 bridgehead atoms. The van der Waals surface area contributed by atoms with E-state index in [0.29, 0.717) is 5.75 Å². The van der Waals surface area contributed by atoms with Crippen LogP contribution in [0.2, 0.25) is 0 Å². The summed E-state index contributed by atoms with van der Waals surface area (Å²) in [6.07, 6.45) is 1.26. The lowest BCUT2D eigenvalue weighted by Gasteiger charge is -2.33. The number of carbonyl (C=O) groups excluding carboxylic acids is 1. The zero-order chi connectivity index (χ0) is 17.9. The van der Waals surface area contributed by atoms with E-state index in [2.05, 4.69) is 5.16 Å². The Labute approximate surface area is 142 Å². The van der Waals surface area contributed by atoms with E-state index in [1.54, 1.807) is 36.3 Å². The Morgan fingerprint density at radius 2 is 1.92 bits per heavy atom. The lowest BCUT2D eigenvalue weighted by atomic mass is 10.0. The highest BCUT2D eigenvalue weighted by molar-refractivity contribution is 5.90. The second-order valence-electron chi connectivity index (χ2n) is 6.82. The van der Waals surface area contributed by atoms with Gasteiger partial charge in [0, 0.05) is 6.04 Å². The molecular formula is C17H25N3O4. The number of hydrogen-bond donors (Lipinski definition) is 2. The Balaban J connectivity index is 2.37. The van der Waals surface area contributed by atoms with E-state index >= 15 is 0 Å². The fraction of sp³-hybridized carbons (Fsp3) is 0.529. The lowest BCUT2D eigenvalue weighted by Crippen LogP contribution is -2.45. The molecule has 132 valence electrons. The number of methoxy groups -OCH3 is 1. The quantitative estimate of drug-likeness (QED) is 0.373. The van der Waals surface area contributed by atoms with Crippen molar-refractivity contribution in [1.29, 1.82) is 0 Å². The molecule has 3 N–H and O–H groups in total. The number of nitrogens with two attached hydrogens (primary N) is 1. The van der Waals surface area contributed by atoms with Crippen LogP contribution in [0.15, 0.2) is 29.4 Å². The van der Waals surface area contributed by atoms with E-state index in [4.69, 9.17) is 15.2 Å². The molecule has 1 aromatic carbocycles. The van der Waals surface area contributed by atoms with Gasteiger partial charge in [-0.1, -0.05) is 17.3 Å². The molecule has 1 amide bonds. The minimum Gasteiger partial charge on any atom is -0.497 e. The van der Waals surface area contributed by atoms with Crippen molar-refractivity contribution in [3.8, 4) is 5.75 Å². The van der Waals surface area contributed by atoms with E-state index in [0.717, 1.165) is 18.4 Å². The average molecular weight is 335 g/mol. The second-order valence-corrected chi connectivity index (χ2v) is 6.82. The number of hydrogen-bond acceptors (Lipinski definition) is 5. The number of oxime groups is 1. The van der Waals surface area contributed by atoms with Crippen LogP contribution in [0.1, 0.15) is 45.2 Å². The number of ether oxygens (including phenoxy) is 2. The Morgan fingerprint density at radius 3 is 2.33 bits per heavy atom. The van der Waals surface area contributed by atoms with Gasteiger partial charge in [0.05, 0.1) is 7.11 Å². The van der Waals surface area contributed by atoms with E-state index in [9.17, 15) is 10.0 Å². The third-order valence-electron chi connectivity index (χ3n) is 3.65. The molecule has 2 rings (SSSR count). The topological polar surface area (TPSA) is 97.4 Å². The van der Waals surface area contributed by atoms with Crippen molar-refractivity contribution >= 4 is 11.9 Å². The number of amidine groups is 1. The first-order chi connectivity index (χ1) is 11.3. The summed E-state index contributed by atoms with van der Waals surface area (Å²) in [5, 5.41) is 12.3. The highest BCUT2D eigenvalue weighted by Gasteiger charge is 2.42. The summed E-state index contributed by atoms with van der Waals surface area (Å²) in [7, 11) is 1.58. The molecule has 0 spiro atoms. The Morgan fingerprint density at radius 1 is 1.33 bits per heavy atom. The van der Waals surface area contributed by atoms with Gasteiger partial charge in [-0.2, -0.15) is 0 Å². The fourth-order valence-corrected chi connectivity index (χ4v) is 2.45. The molecule has 7 nitrogen and oxygen atoms in total. The molecule has 1 atom stereocenters. The van der Waals surface area contributed by atoms with Crippen molar-refractivity contribution in [2.24, 2.45) is 10.9 Å². The molecule has 0 radical (unpaired) electrons. The van der Waals surface area contributed by atoms with Gasteiger partial charge in [-0.05, 0) is 51.3 Å². The number of carbonyl (C=O) groups is 1. The Bertz CT molecular complexity index is 603. The summed E-state index contributed by atoms with van der Waals surface area (Å²) in [6, 6.07) is 6.46. The summed E-state index contributed by atoms with van der Waals surface area (Å²) in [5.41, 5.74) is 6.01. The van der Waals surface area contributed by atoms with Crippen LogP contribution in [-0.2, 0) is 4.74 Å². The van der Waals surface area contributed by atoms with Gasteiger partial charge in [-0.25, -0.2) is 4.79 Å². The maximum absolute atomic E-state index is 12.7. The molecule has 1 aromatic rings. The SMILES string of the molecule is COc1ccc([C@@H](C(N)=NO)N(C(=O)OC(C)(C)C)C2CC2)cc1. The van der Waals surface area contributed by atoms with Crippen LogP contribution in [-0.4, -0.2) is 40.8 Å². The van der Waals surface area contributed by atoms with Gasteiger partial charge in [-0.15, -0.1) is 0 Å². The second kappa shape index (κ2) is 6.98. The van der Waals surface area contributed by atoms with Crippen LogP contribution in [0.25, 0.3) is 0 Å². The van der Waals surface area contributed by atoms with Crippen LogP contribution in [0, 0.1) is 0 Å². The molecule has 0 heterocycles. The molecule has 1 saturated carbocycles. The van der Waals surface area contributed by atoms with Crippen molar-refractivity contribution < 1.29 is 19.5 Å². The monoisotopic (exact) mass is 335 g/mol. The van der Waals surface area contributed by atoms with Gasteiger partial charge >= 0.3 is 6.09 Å². The molecule has 0 unspecified atom stereocenters. The van der Waals surface area contributed by atoms with Gasteiger partial charge in [0.1, 0.15) is 17.4 Å². The smallest absolute Gasteiger partial charge is 0.411 e. The molecule has 1 aliphatic carbocycles. The summed E-state index contributed by atoms with van der Waals surface area (Å²) in [5.74, 6) is 0.630. The Hall–Kier alpha value is -2.44. The first-order valence-corrected chi connectivity index (χ1v) is 7.89. The molecule has 0 aliphatic heterocycles. The predicted molar refractivity (Wildman–Crippen MR) is 90.2 cm³/mol. The van der Waals surface area contributed by atoms with Gasteiger partial charge < -0.3 is 20.4 Å². The van der Waals surface area contributed by atoms with Crippen molar-refractivity contribution in [2.75, 3.05) is 7.11 Å². The first kappa shape index (κ1) is 17.9. The molecule has 1 aliphatic rings. The van der Waals surface area contributed by atoms with Gasteiger partial charge in [0.2, 0.25) is 0 Å². The number of nitrogens with zero attached hydrogens (tertiary/aromatic N) is 2. The third kappa shape index (κ3) is 4.31. The van der Waals surface area contributed by atoms with E-state index < -0.39 is 17.7 Å². The molecule has 1 fully saturated rings. The van der Waals surface area contributed by atoms with Gasteiger partial charge in [-0.3, -0.25) is 4.90 Å². The standard InChI is InChI=1S/C17H25N3O4/c1-17(2,3)24-16(21)20(12-7-8-12)14(15(18)19-22)11-5-9-13(23-4)10-6-11/h5-6,9-10,12,14,22H,7-8H2,1-4H3,(H2,18,19)/t14-/m0/s1. The third-order valence-corrected chi connectivity index (χ3v) is 3.65. The fourth-order valence-electron chi connectivity index (χ4n) is 2.45. The van der Waals surface area contributed by atoms with E-state index in [1.807, 2.05) is 20.8 Å². The zero-order valence-electron chi connectivity index (χ0n) is 14.5. The average Bonchev–Trinajstić information content (AvgIpc) is 3.34. The number of benzene rings is 1. The first-order valence-electron chi connectivity index (χ1n) is 7.89. The van der Waals surface area contributed by atoms with Gasteiger partial charge in [0.15, 0.2) is 5.84 Å². The number of amides is 1. The summed E-state index contributed by atoms with van der Waals surface area (Å²) < 4.78 is 10.7. The molecule has 24 heavy (non-hydrogen) atoms. The minimum atomic E-state index is -0.691. The van der Waals surface area contributed by atoms with Crippen LogP contribution < -0.4 is 10.5 Å². The Kier molecular flexibility index (Phi) is 5.21. The van der Waals surface area contributed by atoms with Crippen LogP contribution >= 0.6 is 0 Å². The highest BCUT2D eigenvalue weighted by atomic mass is 16.6. The number of rotatable bonds is 5. The normalized spacial score (nSPS) is 16.4. The largest absolute Gasteiger partial charge is 0.497 e. The summed E-state index contributed by atoms with van der Waals surface area (Å²) >= 11 is 0. The lowest BCUT2D eigenvalue weighted by molar-refractivity contribution is 0.0190. The summed E-state index contributed by atoms with van der Waals surface area (Å²) in [4.78, 5) is 14.2. The van der Waals surface area contributed by atoms with Gasteiger partial charge in [0.25, 0.3) is 0 Å². The van der Waals surface area contributed by atoms with E-state index in [1.165, 1.54) is 0 Å². The molecule has 0 aromatic heterocycles. The van der Waals surface area contributed by atoms with Crippen molar-refractivity contribution in [3.63, 3.8) is 0 Å².